The van der Waals surface area contributed by atoms with Crippen molar-refractivity contribution in [3.05, 3.63) is 0 Å². The van der Waals surface area contributed by atoms with Crippen molar-refractivity contribution in [1.82, 2.24) is 15.5 Å². The van der Waals surface area contributed by atoms with Crippen LogP contribution in [0.4, 0.5) is 4.79 Å². The molecule has 1 saturated heterocycles. The first-order chi connectivity index (χ1) is 7.59. The van der Waals surface area contributed by atoms with Gasteiger partial charge in [-0.05, 0) is 12.8 Å². The van der Waals surface area contributed by atoms with E-state index in [1.165, 1.54) is 6.92 Å². The Morgan fingerprint density at radius 3 is 2.44 bits per heavy atom. The highest BCUT2D eigenvalue weighted by Gasteiger charge is 2.20. The van der Waals surface area contributed by atoms with E-state index in [-0.39, 0.29) is 11.9 Å². The van der Waals surface area contributed by atoms with E-state index < -0.39 is 0 Å². The van der Waals surface area contributed by atoms with Crippen LogP contribution in [0.3, 0.4) is 0 Å². The first kappa shape index (κ1) is 12.8. The number of rotatable bonds is 4. The van der Waals surface area contributed by atoms with Gasteiger partial charge in [0.05, 0.1) is 0 Å². The maximum absolute atomic E-state index is 10.9. The van der Waals surface area contributed by atoms with Crippen molar-refractivity contribution in [3.8, 4) is 0 Å². The molecule has 1 fully saturated rings. The van der Waals surface area contributed by atoms with E-state index in [0.717, 1.165) is 19.4 Å². The standard InChI is InChI=1S/C10H20N4O2/c1-8(15)12-4-5-13-9-2-6-14(7-3-9)10(11)16/h9,13H,2-7H2,1H3,(H2,11,16)(H,12,15). The molecule has 0 radical (unpaired) electrons. The Kier molecular flexibility index (Phi) is 5.04. The number of urea groups is 1. The van der Waals surface area contributed by atoms with Gasteiger partial charge in [0.15, 0.2) is 0 Å². The number of nitrogens with one attached hydrogen (secondary N) is 2. The third-order valence-corrected chi connectivity index (χ3v) is 2.74. The maximum atomic E-state index is 10.9. The minimum atomic E-state index is -0.336. The Morgan fingerprint density at radius 2 is 1.94 bits per heavy atom. The lowest BCUT2D eigenvalue weighted by Crippen LogP contribution is -2.47. The lowest BCUT2D eigenvalue weighted by molar-refractivity contribution is -0.118. The molecule has 3 amide bonds. The van der Waals surface area contributed by atoms with Crippen molar-refractivity contribution < 1.29 is 9.59 Å². The van der Waals surface area contributed by atoms with Crippen LogP contribution in [-0.4, -0.2) is 49.1 Å². The Hall–Kier alpha value is -1.30. The van der Waals surface area contributed by atoms with Gasteiger partial charge in [-0.25, -0.2) is 4.79 Å². The minimum absolute atomic E-state index is 0.00894. The first-order valence-corrected chi connectivity index (χ1v) is 5.62. The van der Waals surface area contributed by atoms with Crippen LogP contribution in [0, 0.1) is 0 Å². The topological polar surface area (TPSA) is 87.5 Å². The summed E-state index contributed by atoms with van der Waals surface area (Å²) in [6, 6.07) is 0.0843. The molecule has 6 nitrogen and oxygen atoms in total. The Bertz CT molecular complexity index is 249. The lowest BCUT2D eigenvalue weighted by Gasteiger charge is -2.31. The molecule has 16 heavy (non-hydrogen) atoms. The molecule has 6 heteroatoms. The molecule has 0 aromatic rings. The van der Waals surface area contributed by atoms with Gasteiger partial charge in [0.1, 0.15) is 0 Å². The number of carbonyl (C=O) groups excluding carboxylic acids is 2. The summed E-state index contributed by atoms with van der Waals surface area (Å²) >= 11 is 0. The molecule has 4 N–H and O–H groups in total. The van der Waals surface area contributed by atoms with Crippen molar-refractivity contribution >= 4 is 11.9 Å². The number of carbonyl (C=O) groups is 2. The van der Waals surface area contributed by atoms with Crippen LogP contribution in [0.2, 0.25) is 0 Å². The van der Waals surface area contributed by atoms with E-state index in [2.05, 4.69) is 10.6 Å². The maximum Gasteiger partial charge on any atom is 0.314 e. The predicted octanol–water partition coefficient (Wildman–Crippen LogP) is -0.745. The van der Waals surface area contributed by atoms with Crippen molar-refractivity contribution in [3.63, 3.8) is 0 Å². The second-order valence-electron chi connectivity index (χ2n) is 4.04. The zero-order valence-corrected chi connectivity index (χ0v) is 9.66. The van der Waals surface area contributed by atoms with E-state index in [4.69, 9.17) is 5.73 Å². The van der Waals surface area contributed by atoms with Crippen molar-refractivity contribution in [2.75, 3.05) is 26.2 Å². The van der Waals surface area contributed by atoms with Crippen LogP contribution in [0.25, 0.3) is 0 Å². The first-order valence-electron chi connectivity index (χ1n) is 5.62. The predicted molar refractivity (Wildman–Crippen MR) is 60.9 cm³/mol. The van der Waals surface area contributed by atoms with Gasteiger partial charge >= 0.3 is 6.03 Å². The molecule has 92 valence electrons. The number of primary amides is 1. The fraction of sp³-hybridized carbons (Fsp3) is 0.800. The Morgan fingerprint density at radius 1 is 1.31 bits per heavy atom. The van der Waals surface area contributed by atoms with Crippen LogP contribution in [0.1, 0.15) is 19.8 Å². The summed E-state index contributed by atoms with van der Waals surface area (Å²) in [5, 5.41) is 6.07. The summed E-state index contributed by atoms with van der Waals surface area (Å²) in [6.45, 7) is 4.35. The van der Waals surface area contributed by atoms with Crippen LogP contribution in [0.5, 0.6) is 0 Å². The van der Waals surface area contributed by atoms with Gasteiger partial charge in [0.25, 0.3) is 0 Å². The van der Waals surface area contributed by atoms with E-state index >= 15 is 0 Å². The quantitative estimate of drug-likeness (QED) is 0.554. The van der Waals surface area contributed by atoms with Gasteiger partial charge in [0.2, 0.25) is 5.91 Å². The van der Waals surface area contributed by atoms with Gasteiger partial charge in [0, 0.05) is 39.1 Å². The molecule has 0 spiro atoms. The van der Waals surface area contributed by atoms with E-state index in [1.54, 1.807) is 4.90 Å². The zero-order valence-electron chi connectivity index (χ0n) is 9.66. The number of amides is 3. The second-order valence-corrected chi connectivity index (χ2v) is 4.04. The van der Waals surface area contributed by atoms with E-state index in [1.807, 2.05) is 0 Å². The van der Waals surface area contributed by atoms with Gasteiger partial charge in [-0.15, -0.1) is 0 Å². The van der Waals surface area contributed by atoms with Gasteiger partial charge in [-0.2, -0.15) is 0 Å². The lowest BCUT2D eigenvalue weighted by atomic mass is 10.1. The van der Waals surface area contributed by atoms with Crippen LogP contribution in [0.15, 0.2) is 0 Å². The zero-order chi connectivity index (χ0) is 12.0. The molecular weight excluding hydrogens is 208 g/mol. The molecule has 1 rings (SSSR count). The molecular formula is C10H20N4O2. The largest absolute Gasteiger partial charge is 0.355 e. The number of nitrogens with zero attached hydrogens (tertiary/aromatic N) is 1. The highest BCUT2D eigenvalue weighted by atomic mass is 16.2. The fourth-order valence-electron chi connectivity index (χ4n) is 1.82. The normalized spacial score (nSPS) is 17.2. The van der Waals surface area contributed by atoms with Gasteiger partial charge < -0.3 is 21.3 Å². The average molecular weight is 228 g/mol. The Balaban J connectivity index is 2.08. The van der Waals surface area contributed by atoms with Gasteiger partial charge in [-0.3, -0.25) is 4.79 Å². The third kappa shape index (κ3) is 4.48. The molecule has 0 atom stereocenters. The molecule has 1 aliphatic heterocycles. The summed E-state index contributed by atoms with van der Waals surface area (Å²) in [7, 11) is 0. The number of piperidine rings is 1. The average Bonchev–Trinajstić information content (AvgIpc) is 2.25. The van der Waals surface area contributed by atoms with Crippen LogP contribution >= 0.6 is 0 Å². The molecule has 1 aliphatic rings. The highest BCUT2D eigenvalue weighted by Crippen LogP contribution is 2.09. The fourth-order valence-corrected chi connectivity index (χ4v) is 1.82. The van der Waals surface area contributed by atoms with Crippen molar-refractivity contribution in [1.29, 1.82) is 0 Å². The molecule has 0 aromatic heterocycles. The van der Waals surface area contributed by atoms with E-state index in [9.17, 15) is 9.59 Å². The molecule has 0 saturated carbocycles. The minimum Gasteiger partial charge on any atom is -0.355 e. The van der Waals surface area contributed by atoms with Gasteiger partial charge in [-0.1, -0.05) is 0 Å². The summed E-state index contributed by atoms with van der Waals surface area (Å²) in [4.78, 5) is 23.2. The summed E-state index contributed by atoms with van der Waals surface area (Å²) in [6.07, 6.45) is 1.84. The number of hydrogen-bond acceptors (Lipinski definition) is 3. The third-order valence-electron chi connectivity index (χ3n) is 2.74. The SMILES string of the molecule is CC(=O)NCCNC1CCN(C(N)=O)CC1. The van der Waals surface area contributed by atoms with Crippen LogP contribution in [-0.2, 0) is 4.79 Å². The molecule has 0 aromatic carbocycles. The number of hydrogen-bond donors (Lipinski definition) is 3. The van der Waals surface area contributed by atoms with E-state index in [0.29, 0.717) is 25.7 Å². The molecule has 1 heterocycles. The summed E-state index contributed by atoms with van der Waals surface area (Å²) in [5.41, 5.74) is 5.19. The van der Waals surface area contributed by atoms with Crippen LogP contribution < -0.4 is 16.4 Å². The summed E-state index contributed by atoms with van der Waals surface area (Å²) in [5.74, 6) is -0.00894. The van der Waals surface area contributed by atoms with Crippen molar-refractivity contribution in [2.45, 2.75) is 25.8 Å². The highest BCUT2D eigenvalue weighted by molar-refractivity contribution is 5.72. The smallest absolute Gasteiger partial charge is 0.314 e. The molecule has 0 aliphatic carbocycles. The Labute approximate surface area is 95.5 Å². The monoisotopic (exact) mass is 228 g/mol. The number of nitrogens with two attached hydrogens (primary N) is 1. The molecule has 0 unspecified atom stereocenters. The number of likely N-dealkylation sites (tertiary alicyclic amines) is 1. The second kappa shape index (κ2) is 6.32. The van der Waals surface area contributed by atoms with Crippen molar-refractivity contribution in [2.24, 2.45) is 5.73 Å². The molecule has 0 bridgehead atoms. The summed E-state index contributed by atoms with van der Waals surface area (Å²) < 4.78 is 0.